The van der Waals surface area contributed by atoms with E-state index in [4.69, 9.17) is 16.3 Å². The molecule has 2 heterocycles. The lowest BCUT2D eigenvalue weighted by atomic mass is 10.1. The number of ketones is 1. The number of rotatable bonds is 4. The van der Waals surface area contributed by atoms with E-state index in [0.29, 0.717) is 10.7 Å². The number of hydrogen-bond acceptors (Lipinski definition) is 5. The van der Waals surface area contributed by atoms with Crippen molar-refractivity contribution in [1.82, 2.24) is 4.98 Å². The molecule has 1 aromatic carbocycles. The molecule has 23 heavy (non-hydrogen) atoms. The SMILES string of the molecule is O=C(CN1C(=O)C(=O)c2cc(Cl)ccc21)OCc1cccnc1. The molecule has 116 valence electrons. The minimum absolute atomic E-state index is 0.0517. The highest BCUT2D eigenvalue weighted by atomic mass is 35.5. The normalized spacial score (nSPS) is 13.2. The molecule has 1 aromatic heterocycles. The van der Waals surface area contributed by atoms with E-state index in [2.05, 4.69) is 4.98 Å². The van der Waals surface area contributed by atoms with Crippen LogP contribution < -0.4 is 4.90 Å². The number of fused-ring (bicyclic) bond motifs is 1. The highest BCUT2D eigenvalue weighted by Crippen LogP contribution is 2.31. The van der Waals surface area contributed by atoms with Crippen molar-refractivity contribution in [3.05, 3.63) is 58.9 Å². The monoisotopic (exact) mass is 330 g/mol. The smallest absolute Gasteiger partial charge is 0.326 e. The Morgan fingerprint density at radius 1 is 1.26 bits per heavy atom. The lowest BCUT2D eigenvalue weighted by Gasteiger charge is -2.15. The molecule has 6 nitrogen and oxygen atoms in total. The molecule has 2 aromatic rings. The number of halogens is 1. The van der Waals surface area contributed by atoms with E-state index in [1.807, 2.05) is 0 Å². The summed E-state index contributed by atoms with van der Waals surface area (Å²) in [6.45, 7) is -0.282. The van der Waals surface area contributed by atoms with Gasteiger partial charge in [-0.25, -0.2) is 0 Å². The van der Waals surface area contributed by atoms with E-state index in [9.17, 15) is 14.4 Å². The predicted octanol–water partition coefficient (Wildman–Crippen LogP) is 2.01. The van der Waals surface area contributed by atoms with Gasteiger partial charge in [0.25, 0.3) is 11.7 Å². The quantitative estimate of drug-likeness (QED) is 0.633. The summed E-state index contributed by atoms with van der Waals surface area (Å²) in [5.41, 5.74) is 1.29. The fraction of sp³-hybridized carbons (Fsp3) is 0.125. The summed E-state index contributed by atoms with van der Waals surface area (Å²) in [4.78, 5) is 40.8. The number of Topliss-reactive ketones (excluding diaryl/α,β-unsaturated/α-hetero) is 1. The van der Waals surface area contributed by atoms with E-state index < -0.39 is 17.7 Å². The Labute approximate surface area is 136 Å². The van der Waals surface area contributed by atoms with Crippen LogP contribution in [0.25, 0.3) is 0 Å². The van der Waals surface area contributed by atoms with Crippen molar-refractivity contribution in [1.29, 1.82) is 0 Å². The molecule has 0 saturated carbocycles. The first kappa shape index (κ1) is 15.2. The van der Waals surface area contributed by atoms with Crippen LogP contribution in [-0.2, 0) is 20.9 Å². The maximum Gasteiger partial charge on any atom is 0.326 e. The average Bonchev–Trinajstić information content (AvgIpc) is 2.79. The molecule has 0 radical (unpaired) electrons. The second kappa shape index (κ2) is 6.18. The van der Waals surface area contributed by atoms with Crippen molar-refractivity contribution in [2.24, 2.45) is 0 Å². The van der Waals surface area contributed by atoms with Gasteiger partial charge in [-0.15, -0.1) is 0 Å². The van der Waals surface area contributed by atoms with E-state index in [1.54, 1.807) is 30.6 Å². The summed E-state index contributed by atoms with van der Waals surface area (Å²) in [6, 6.07) is 8.00. The van der Waals surface area contributed by atoms with Gasteiger partial charge < -0.3 is 4.74 Å². The van der Waals surface area contributed by atoms with E-state index in [1.165, 1.54) is 12.1 Å². The standard InChI is InChI=1S/C16H11ClN2O4/c17-11-3-4-13-12(6-11)15(21)16(22)19(13)8-14(20)23-9-10-2-1-5-18-7-10/h1-7H,8-9H2. The molecular weight excluding hydrogens is 320 g/mol. The van der Waals surface area contributed by atoms with Gasteiger partial charge >= 0.3 is 5.97 Å². The van der Waals surface area contributed by atoms with Crippen LogP contribution in [0, 0.1) is 0 Å². The Morgan fingerprint density at radius 2 is 2.09 bits per heavy atom. The first-order valence-corrected chi connectivity index (χ1v) is 7.14. The Balaban J connectivity index is 1.69. The molecule has 0 N–H and O–H groups in total. The summed E-state index contributed by atoms with van der Waals surface area (Å²) in [6.07, 6.45) is 3.19. The summed E-state index contributed by atoms with van der Waals surface area (Å²) < 4.78 is 5.10. The summed E-state index contributed by atoms with van der Waals surface area (Å²) in [7, 11) is 0. The van der Waals surface area contributed by atoms with Crippen LogP contribution in [0.5, 0.6) is 0 Å². The lowest BCUT2D eigenvalue weighted by Crippen LogP contribution is -2.35. The fourth-order valence-corrected chi connectivity index (χ4v) is 2.42. The van der Waals surface area contributed by atoms with Crippen molar-refractivity contribution >= 4 is 34.9 Å². The van der Waals surface area contributed by atoms with Crippen LogP contribution in [0.15, 0.2) is 42.7 Å². The maximum atomic E-state index is 12.0. The van der Waals surface area contributed by atoms with Crippen molar-refractivity contribution in [2.45, 2.75) is 6.61 Å². The third-order valence-corrected chi connectivity index (χ3v) is 3.58. The first-order chi connectivity index (χ1) is 11.1. The Hall–Kier alpha value is -2.73. The molecule has 0 atom stereocenters. The number of amides is 1. The van der Waals surface area contributed by atoms with Crippen molar-refractivity contribution < 1.29 is 19.1 Å². The zero-order chi connectivity index (χ0) is 16.4. The topological polar surface area (TPSA) is 76.6 Å². The predicted molar refractivity (Wildman–Crippen MR) is 82.2 cm³/mol. The highest BCUT2D eigenvalue weighted by Gasteiger charge is 2.37. The maximum absolute atomic E-state index is 12.0. The molecule has 1 aliphatic rings. The van der Waals surface area contributed by atoms with Gasteiger partial charge in [0.2, 0.25) is 0 Å². The van der Waals surface area contributed by atoms with Crippen LogP contribution in [0.4, 0.5) is 5.69 Å². The summed E-state index contributed by atoms with van der Waals surface area (Å²) in [5, 5.41) is 0.353. The van der Waals surface area contributed by atoms with Gasteiger partial charge in [-0.1, -0.05) is 17.7 Å². The zero-order valence-corrected chi connectivity index (χ0v) is 12.6. The second-order valence-electron chi connectivity index (χ2n) is 4.90. The van der Waals surface area contributed by atoms with Crippen molar-refractivity contribution in [3.8, 4) is 0 Å². The molecule has 0 unspecified atom stereocenters. The molecule has 7 heteroatoms. The molecule has 3 rings (SSSR count). The molecule has 0 spiro atoms. The molecule has 0 bridgehead atoms. The first-order valence-electron chi connectivity index (χ1n) is 6.76. The number of ether oxygens (including phenoxy) is 1. The highest BCUT2D eigenvalue weighted by molar-refractivity contribution is 6.53. The Morgan fingerprint density at radius 3 is 2.83 bits per heavy atom. The van der Waals surface area contributed by atoms with Crippen LogP contribution in [0.3, 0.4) is 0 Å². The van der Waals surface area contributed by atoms with Gasteiger partial charge in [0, 0.05) is 23.0 Å². The van der Waals surface area contributed by atoms with Gasteiger partial charge in [0.1, 0.15) is 13.2 Å². The number of anilines is 1. The van der Waals surface area contributed by atoms with E-state index >= 15 is 0 Å². The Bertz CT molecular complexity index is 792. The average molecular weight is 331 g/mol. The third-order valence-electron chi connectivity index (χ3n) is 3.34. The van der Waals surface area contributed by atoms with Crippen LogP contribution >= 0.6 is 11.6 Å². The zero-order valence-electron chi connectivity index (χ0n) is 11.9. The number of nitrogens with zero attached hydrogens (tertiary/aromatic N) is 2. The summed E-state index contributed by atoms with van der Waals surface area (Å²) in [5.74, 6) is -2.05. The Kier molecular flexibility index (Phi) is 4.08. The molecule has 0 aliphatic carbocycles. The molecular formula is C16H11ClN2O4. The number of benzene rings is 1. The van der Waals surface area contributed by atoms with Crippen LogP contribution in [0.1, 0.15) is 15.9 Å². The van der Waals surface area contributed by atoms with Gasteiger partial charge in [0.05, 0.1) is 11.3 Å². The van der Waals surface area contributed by atoms with Crippen molar-refractivity contribution in [3.63, 3.8) is 0 Å². The number of pyridine rings is 1. The third kappa shape index (κ3) is 3.07. The van der Waals surface area contributed by atoms with E-state index in [0.717, 1.165) is 10.5 Å². The summed E-state index contributed by atoms with van der Waals surface area (Å²) >= 11 is 5.83. The van der Waals surface area contributed by atoms with Crippen LogP contribution in [-0.4, -0.2) is 29.2 Å². The largest absolute Gasteiger partial charge is 0.459 e. The minimum atomic E-state index is -0.763. The van der Waals surface area contributed by atoms with Gasteiger partial charge in [-0.3, -0.25) is 24.3 Å². The lowest BCUT2D eigenvalue weighted by molar-refractivity contribution is -0.143. The van der Waals surface area contributed by atoms with Crippen molar-refractivity contribution in [2.75, 3.05) is 11.4 Å². The molecule has 0 fully saturated rings. The number of carbonyl (C=O) groups is 3. The number of carbonyl (C=O) groups excluding carboxylic acids is 3. The van der Waals surface area contributed by atoms with Gasteiger partial charge in [-0.05, 0) is 24.3 Å². The number of esters is 1. The number of hydrogen-bond donors (Lipinski definition) is 0. The van der Waals surface area contributed by atoms with Crippen LogP contribution in [0.2, 0.25) is 5.02 Å². The molecule has 1 aliphatic heterocycles. The van der Waals surface area contributed by atoms with Gasteiger partial charge in [0.15, 0.2) is 0 Å². The van der Waals surface area contributed by atoms with Gasteiger partial charge in [-0.2, -0.15) is 0 Å². The minimum Gasteiger partial charge on any atom is -0.459 e. The molecule has 0 saturated heterocycles. The molecule has 1 amide bonds. The second-order valence-corrected chi connectivity index (χ2v) is 5.34. The number of aromatic nitrogens is 1. The van der Waals surface area contributed by atoms with E-state index in [-0.39, 0.29) is 18.7 Å². The fourth-order valence-electron chi connectivity index (χ4n) is 2.25.